The Labute approximate surface area is 172 Å². The molecule has 0 unspecified atom stereocenters. The number of nitrogens with one attached hydrogen (secondary N) is 2. The van der Waals surface area contributed by atoms with E-state index >= 15 is 0 Å². The minimum atomic E-state index is 0.124. The summed E-state index contributed by atoms with van der Waals surface area (Å²) in [4.78, 5) is 8.98. The molecule has 29 heavy (non-hydrogen) atoms. The zero-order valence-corrected chi connectivity index (χ0v) is 17.8. The molecule has 3 rings (SSSR count). The van der Waals surface area contributed by atoms with Gasteiger partial charge in [0, 0.05) is 17.8 Å². The molecule has 2 N–H and O–H groups in total. The second kappa shape index (κ2) is 8.39. The molecule has 6 heteroatoms. The number of benzene rings is 2. The lowest BCUT2D eigenvalue weighted by atomic mass is 9.87. The van der Waals surface area contributed by atoms with Crippen molar-refractivity contribution >= 4 is 23.0 Å². The first-order chi connectivity index (χ1) is 13.8. The Bertz CT molecular complexity index is 979. The molecule has 1 aromatic heterocycles. The van der Waals surface area contributed by atoms with Gasteiger partial charge in [-0.2, -0.15) is 0 Å². The van der Waals surface area contributed by atoms with Crippen LogP contribution in [0.4, 0.5) is 23.0 Å². The molecule has 0 aliphatic rings. The predicted octanol–water partition coefficient (Wildman–Crippen LogP) is 5.59. The average Bonchev–Trinajstić information content (AvgIpc) is 2.67. The molecule has 152 valence electrons. The second-order valence-corrected chi connectivity index (χ2v) is 7.83. The SMILES string of the molecule is COc1ccc(Nc2cc(Nc3ccc(C(C)(C)C)cc3)nc(C)n2)c(OC)c1. The first kappa shape index (κ1) is 20.5. The summed E-state index contributed by atoms with van der Waals surface area (Å²) >= 11 is 0. The molecule has 0 bridgehead atoms. The van der Waals surface area contributed by atoms with Crippen LogP contribution in [0.25, 0.3) is 0 Å². The maximum atomic E-state index is 5.45. The summed E-state index contributed by atoms with van der Waals surface area (Å²) in [5.74, 6) is 3.46. The molecule has 0 atom stereocenters. The van der Waals surface area contributed by atoms with Crippen LogP contribution < -0.4 is 20.1 Å². The zero-order valence-electron chi connectivity index (χ0n) is 17.8. The molecule has 0 aliphatic heterocycles. The fourth-order valence-electron chi connectivity index (χ4n) is 2.94. The molecular weight excluding hydrogens is 364 g/mol. The fourth-order valence-corrected chi connectivity index (χ4v) is 2.94. The Morgan fingerprint density at radius 1 is 0.793 bits per heavy atom. The van der Waals surface area contributed by atoms with E-state index in [9.17, 15) is 0 Å². The summed E-state index contributed by atoms with van der Waals surface area (Å²) in [5, 5.41) is 6.65. The van der Waals surface area contributed by atoms with Gasteiger partial charge in [-0.1, -0.05) is 32.9 Å². The number of anilines is 4. The molecule has 2 aromatic carbocycles. The lowest BCUT2D eigenvalue weighted by Gasteiger charge is -2.19. The van der Waals surface area contributed by atoms with Gasteiger partial charge in [-0.05, 0) is 42.2 Å². The van der Waals surface area contributed by atoms with Crippen LogP contribution in [0.1, 0.15) is 32.2 Å². The molecule has 0 amide bonds. The van der Waals surface area contributed by atoms with Gasteiger partial charge in [0.15, 0.2) is 0 Å². The highest BCUT2D eigenvalue weighted by Gasteiger charge is 2.13. The van der Waals surface area contributed by atoms with Crippen molar-refractivity contribution in [1.82, 2.24) is 9.97 Å². The average molecular weight is 393 g/mol. The number of hydrogen-bond donors (Lipinski definition) is 2. The topological polar surface area (TPSA) is 68.3 Å². The highest BCUT2D eigenvalue weighted by atomic mass is 16.5. The summed E-state index contributed by atoms with van der Waals surface area (Å²) in [6.45, 7) is 8.47. The number of ether oxygens (including phenoxy) is 2. The molecule has 6 nitrogen and oxygen atoms in total. The van der Waals surface area contributed by atoms with E-state index in [0.29, 0.717) is 17.4 Å². The normalized spacial score (nSPS) is 11.1. The van der Waals surface area contributed by atoms with Gasteiger partial charge >= 0.3 is 0 Å². The third-order valence-corrected chi connectivity index (χ3v) is 4.53. The third-order valence-electron chi connectivity index (χ3n) is 4.53. The van der Waals surface area contributed by atoms with Gasteiger partial charge in [-0.15, -0.1) is 0 Å². The van der Waals surface area contributed by atoms with Crippen LogP contribution in [0.2, 0.25) is 0 Å². The van der Waals surface area contributed by atoms with E-state index in [-0.39, 0.29) is 5.41 Å². The highest BCUT2D eigenvalue weighted by molar-refractivity contribution is 5.68. The lowest BCUT2D eigenvalue weighted by Crippen LogP contribution is -2.10. The minimum Gasteiger partial charge on any atom is -0.497 e. The van der Waals surface area contributed by atoms with Crippen LogP contribution in [-0.2, 0) is 5.41 Å². The number of hydrogen-bond acceptors (Lipinski definition) is 6. The van der Waals surface area contributed by atoms with Gasteiger partial charge in [0.2, 0.25) is 0 Å². The van der Waals surface area contributed by atoms with Gasteiger partial charge in [0.1, 0.15) is 29.0 Å². The van der Waals surface area contributed by atoms with Crippen molar-refractivity contribution in [3.8, 4) is 11.5 Å². The Morgan fingerprint density at radius 3 is 2.03 bits per heavy atom. The van der Waals surface area contributed by atoms with Crippen molar-refractivity contribution in [1.29, 1.82) is 0 Å². The smallest absolute Gasteiger partial charge is 0.146 e. The largest absolute Gasteiger partial charge is 0.497 e. The molecule has 0 fully saturated rings. The van der Waals surface area contributed by atoms with Gasteiger partial charge in [-0.25, -0.2) is 9.97 Å². The van der Waals surface area contributed by atoms with E-state index in [0.717, 1.165) is 22.9 Å². The monoisotopic (exact) mass is 392 g/mol. The van der Waals surface area contributed by atoms with Crippen LogP contribution in [-0.4, -0.2) is 24.2 Å². The quantitative estimate of drug-likeness (QED) is 0.570. The number of aryl methyl sites for hydroxylation is 1. The highest BCUT2D eigenvalue weighted by Crippen LogP contribution is 2.32. The molecule has 0 aliphatic carbocycles. The third kappa shape index (κ3) is 5.16. The van der Waals surface area contributed by atoms with E-state index in [1.807, 2.05) is 31.2 Å². The Morgan fingerprint density at radius 2 is 1.45 bits per heavy atom. The summed E-state index contributed by atoms with van der Waals surface area (Å²) in [7, 11) is 3.25. The molecule has 1 heterocycles. The number of rotatable bonds is 6. The van der Waals surface area contributed by atoms with Crippen molar-refractivity contribution in [2.75, 3.05) is 24.9 Å². The number of aromatic nitrogens is 2. The van der Waals surface area contributed by atoms with E-state index in [1.165, 1.54) is 5.56 Å². The van der Waals surface area contributed by atoms with Crippen molar-refractivity contribution in [2.45, 2.75) is 33.1 Å². The molecule has 0 spiro atoms. The standard InChI is InChI=1S/C23H28N4O2/c1-15-24-21(26-17-9-7-16(8-10-17)23(2,3)4)14-22(25-15)27-19-12-11-18(28-5)13-20(19)29-6/h7-14H,1-6H3,(H2,24,25,26,27). The van der Waals surface area contributed by atoms with Gasteiger partial charge in [-0.3, -0.25) is 0 Å². The minimum absolute atomic E-state index is 0.124. The summed E-state index contributed by atoms with van der Waals surface area (Å²) in [5.41, 5.74) is 3.19. The molecule has 3 aromatic rings. The maximum absolute atomic E-state index is 5.45. The van der Waals surface area contributed by atoms with Gasteiger partial charge in [0.25, 0.3) is 0 Å². The second-order valence-electron chi connectivity index (χ2n) is 7.83. The van der Waals surface area contributed by atoms with Crippen LogP contribution in [0.15, 0.2) is 48.5 Å². The van der Waals surface area contributed by atoms with Crippen molar-refractivity contribution in [2.24, 2.45) is 0 Å². The first-order valence-electron chi connectivity index (χ1n) is 9.51. The Balaban J connectivity index is 1.82. The van der Waals surface area contributed by atoms with Gasteiger partial charge in [0.05, 0.1) is 19.9 Å². The van der Waals surface area contributed by atoms with Crippen LogP contribution in [0.5, 0.6) is 11.5 Å². The summed E-state index contributed by atoms with van der Waals surface area (Å²) in [6, 6.07) is 15.9. The number of nitrogens with zero attached hydrogens (tertiary/aromatic N) is 2. The molecular formula is C23H28N4O2. The Hall–Kier alpha value is -3.28. The van der Waals surface area contributed by atoms with Crippen molar-refractivity contribution < 1.29 is 9.47 Å². The van der Waals surface area contributed by atoms with E-state index < -0.39 is 0 Å². The van der Waals surface area contributed by atoms with E-state index in [2.05, 4.69) is 65.6 Å². The summed E-state index contributed by atoms with van der Waals surface area (Å²) < 4.78 is 10.7. The first-order valence-corrected chi connectivity index (χ1v) is 9.51. The number of methoxy groups -OCH3 is 2. The van der Waals surface area contributed by atoms with Crippen LogP contribution in [0, 0.1) is 6.92 Å². The molecule has 0 radical (unpaired) electrons. The molecule has 0 saturated carbocycles. The molecule has 0 saturated heterocycles. The lowest BCUT2D eigenvalue weighted by molar-refractivity contribution is 0.395. The van der Waals surface area contributed by atoms with Crippen molar-refractivity contribution in [3.05, 3.63) is 59.9 Å². The zero-order chi connectivity index (χ0) is 21.0. The van der Waals surface area contributed by atoms with Crippen molar-refractivity contribution in [3.63, 3.8) is 0 Å². The maximum Gasteiger partial charge on any atom is 0.146 e. The summed E-state index contributed by atoms with van der Waals surface area (Å²) in [6.07, 6.45) is 0. The predicted molar refractivity (Wildman–Crippen MR) is 118 cm³/mol. The van der Waals surface area contributed by atoms with Crippen LogP contribution >= 0.6 is 0 Å². The van der Waals surface area contributed by atoms with Crippen LogP contribution in [0.3, 0.4) is 0 Å². The van der Waals surface area contributed by atoms with E-state index in [4.69, 9.17) is 9.47 Å². The Kier molecular flexibility index (Phi) is 5.92. The fraction of sp³-hybridized carbons (Fsp3) is 0.304. The van der Waals surface area contributed by atoms with E-state index in [1.54, 1.807) is 14.2 Å². The van der Waals surface area contributed by atoms with Gasteiger partial charge < -0.3 is 20.1 Å².